The molecule has 7 heteroatoms. The number of methoxy groups -OCH3 is 1. The Balaban J connectivity index is 2.41. The van der Waals surface area contributed by atoms with E-state index in [9.17, 15) is 4.79 Å². The van der Waals surface area contributed by atoms with Crippen LogP contribution >= 0.6 is 11.6 Å². The van der Waals surface area contributed by atoms with Gasteiger partial charge in [-0.25, -0.2) is 9.50 Å². The fourth-order valence-electron chi connectivity index (χ4n) is 2.20. The Bertz CT molecular complexity index is 844. The summed E-state index contributed by atoms with van der Waals surface area (Å²) in [5.74, 6) is -0.318. The summed E-state index contributed by atoms with van der Waals surface area (Å²) < 4.78 is 6.80. The number of fused-ring (bicyclic) bond motifs is 1. The van der Waals surface area contributed by atoms with Gasteiger partial charge in [0.15, 0.2) is 11.4 Å². The van der Waals surface area contributed by atoms with Gasteiger partial charge in [0, 0.05) is 10.6 Å². The zero-order valence-corrected chi connectivity index (χ0v) is 11.8. The molecule has 2 aromatic heterocycles. The van der Waals surface area contributed by atoms with Crippen molar-refractivity contribution in [2.45, 2.75) is 0 Å². The molecule has 0 aliphatic rings. The average molecular weight is 303 g/mol. The summed E-state index contributed by atoms with van der Waals surface area (Å²) in [4.78, 5) is 15.8. The summed E-state index contributed by atoms with van der Waals surface area (Å²) in [7, 11) is 1.45. The lowest BCUT2D eigenvalue weighted by atomic mass is 10.1. The number of nitrogens with zero attached hydrogens (tertiary/aromatic N) is 3. The number of ether oxygens (including phenoxy) is 1. The molecule has 6 nitrogen and oxygen atoms in total. The smallest absolute Gasteiger partial charge is 0.252 e. The highest BCUT2D eigenvalue weighted by molar-refractivity contribution is 6.33. The molecule has 0 saturated carbocycles. The highest BCUT2D eigenvalue weighted by atomic mass is 35.5. The Morgan fingerprint density at radius 1 is 1.38 bits per heavy atom. The second-order valence-electron chi connectivity index (χ2n) is 4.32. The van der Waals surface area contributed by atoms with Crippen molar-refractivity contribution >= 4 is 23.2 Å². The molecule has 0 spiro atoms. The maximum Gasteiger partial charge on any atom is 0.252 e. The Morgan fingerprint density at radius 3 is 2.81 bits per heavy atom. The molecule has 0 fully saturated rings. The molecule has 1 amide bonds. The van der Waals surface area contributed by atoms with Crippen LogP contribution in [0.4, 0.5) is 0 Å². The van der Waals surface area contributed by atoms with Gasteiger partial charge >= 0.3 is 0 Å². The molecule has 21 heavy (non-hydrogen) atoms. The van der Waals surface area contributed by atoms with Crippen molar-refractivity contribution < 1.29 is 9.53 Å². The third kappa shape index (κ3) is 2.09. The molecule has 0 saturated heterocycles. The van der Waals surface area contributed by atoms with E-state index in [1.807, 2.05) is 18.2 Å². The fraction of sp³-hybridized carbons (Fsp3) is 0.0714. The van der Waals surface area contributed by atoms with Crippen LogP contribution in [-0.2, 0) is 0 Å². The molecule has 0 unspecified atom stereocenters. The van der Waals surface area contributed by atoms with E-state index in [0.29, 0.717) is 16.4 Å². The van der Waals surface area contributed by atoms with Gasteiger partial charge < -0.3 is 10.5 Å². The fourth-order valence-corrected chi connectivity index (χ4v) is 2.43. The number of pyridine rings is 1. The molecule has 106 valence electrons. The van der Waals surface area contributed by atoms with Gasteiger partial charge in [-0.3, -0.25) is 4.79 Å². The number of carbonyl (C=O) groups excluding carboxylic acids is 1. The van der Waals surface area contributed by atoms with E-state index in [-0.39, 0.29) is 11.3 Å². The van der Waals surface area contributed by atoms with E-state index in [2.05, 4.69) is 10.1 Å². The van der Waals surface area contributed by atoms with Crippen molar-refractivity contribution in [3.63, 3.8) is 0 Å². The van der Waals surface area contributed by atoms with E-state index in [4.69, 9.17) is 22.1 Å². The number of carbonyl (C=O) groups is 1. The molecule has 0 atom stereocenters. The van der Waals surface area contributed by atoms with E-state index in [0.717, 1.165) is 5.56 Å². The first-order valence-electron chi connectivity index (χ1n) is 6.09. The molecule has 2 N–H and O–H groups in total. The van der Waals surface area contributed by atoms with Crippen LogP contribution in [-0.4, -0.2) is 27.6 Å². The van der Waals surface area contributed by atoms with Crippen LogP contribution in [0.3, 0.4) is 0 Å². The minimum Gasteiger partial charge on any atom is -0.492 e. The van der Waals surface area contributed by atoms with Crippen LogP contribution < -0.4 is 10.5 Å². The van der Waals surface area contributed by atoms with Gasteiger partial charge in [0.25, 0.3) is 5.91 Å². The number of aromatic nitrogens is 3. The van der Waals surface area contributed by atoms with Crippen LogP contribution in [0.1, 0.15) is 10.4 Å². The summed E-state index contributed by atoms with van der Waals surface area (Å²) in [5, 5.41) is 4.70. The summed E-state index contributed by atoms with van der Waals surface area (Å²) >= 11 is 6.22. The summed E-state index contributed by atoms with van der Waals surface area (Å²) in [6.45, 7) is 0. The second kappa shape index (κ2) is 5.06. The lowest BCUT2D eigenvalue weighted by Gasteiger charge is -2.12. The number of primary amides is 1. The largest absolute Gasteiger partial charge is 0.492 e. The van der Waals surface area contributed by atoms with E-state index >= 15 is 0 Å². The highest BCUT2D eigenvalue weighted by Crippen LogP contribution is 2.33. The minimum atomic E-state index is -0.606. The summed E-state index contributed by atoms with van der Waals surface area (Å²) in [6.07, 6.45) is 1.38. The second-order valence-corrected chi connectivity index (χ2v) is 4.72. The van der Waals surface area contributed by atoms with Crippen LogP contribution in [0.2, 0.25) is 5.02 Å². The third-order valence-corrected chi connectivity index (χ3v) is 3.45. The van der Waals surface area contributed by atoms with Gasteiger partial charge in [-0.1, -0.05) is 29.8 Å². The zero-order chi connectivity index (χ0) is 15.0. The molecule has 3 rings (SSSR count). The predicted molar refractivity (Wildman–Crippen MR) is 78.5 cm³/mol. The van der Waals surface area contributed by atoms with Crippen molar-refractivity contribution in [3.8, 4) is 17.0 Å². The standard InChI is InChI=1S/C14H11ClN4O2/c1-21-12-9(13(16)20)6-11(19-14(12)17-7-18-19)8-4-2-3-5-10(8)15/h2-7H,1H3,(H2,16,20). The van der Waals surface area contributed by atoms with Crippen molar-refractivity contribution in [2.75, 3.05) is 7.11 Å². The Hall–Kier alpha value is -2.60. The minimum absolute atomic E-state index is 0.230. The Labute approximate surface area is 125 Å². The van der Waals surface area contributed by atoms with Crippen LogP contribution in [0, 0.1) is 0 Å². The van der Waals surface area contributed by atoms with Crippen molar-refractivity contribution in [2.24, 2.45) is 5.73 Å². The first-order valence-corrected chi connectivity index (χ1v) is 6.46. The van der Waals surface area contributed by atoms with E-state index in [1.165, 1.54) is 13.4 Å². The van der Waals surface area contributed by atoms with E-state index in [1.54, 1.807) is 16.6 Å². The lowest BCUT2D eigenvalue weighted by Crippen LogP contribution is -2.14. The Morgan fingerprint density at radius 2 is 2.14 bits per heavy atom. The van der Waals surface area contributed by atoms with Gasteiger partial charge in [0.1, 0.15) is 6.33 Å². The number of halogens is 1. The maximum absolute atomic E-state index is 11.7. The molecule has 0 bridgehead atoms. The van der Waals surface area contributed by atoms with Crippen LogP contribution in [0.5, 0.6) is 5.75 Å². The number of benzene rings is 1. The molecule has 0 aliphatic carbocycles. The zero-order valence-electron chi connectivity index (χ0n) is 11.1. The van der Waals surface area contributed by atoms with Gasteiger partial charge in [-0.05, 0) is 12.1 Å². The van der Waals surface area contributed by atoms with Crippen LogP contribution in [0.25, 0.3) is 16.9 Å². The average Bonchev–Trinajstić information content (AvgIpc) is 2.95. The van der Waals surface area contributed by atoms with Gasteiger partial charge in [0.05, 0.1) is 18.4 Å². The first-order chi connectivity index (χ1) is 10.1. The molecule has 0 aliphatic heterocycles. The van der Waals surface area contributed by atoms with Gasteiger partial charge in [-0.2, -0.15) is 5.10 Å². The molecular weight excluding hydrogens is 292 g/mol. The third-order valence-electron chi connectivity index (χ3n) is 3.12. The number of hydrogen-bond acceptors (Lipinski definition) is 4. The molecule has 3 aromatic rings. The molecule has 0 radical (unpaired) electrons. The van der Waals surface area contributed by atoms with Crippen molar-refractivity contribution in [3.05, 3.63) is 47.2 Å². The number of amides is 1. The SMILES string of the molecule is COc1c(C(N)=O)cc(-c2ccccc2Cl)n2ncnc12. The molecule has 1 aromatic carbocycles. The van der Waals surface area contributed by atoms with Crippen molar-refractivity contribution in [1.29, 1.82) is 0 Å². The molecule has 2 heterocycles. The number of rotatable bonds is 3. The predicted octanol–water partition coefficient (Wildman–Crippen LogP) is 2.16. The van der Waals surface area contributed by atoms with Crippen molar-refractivity contribution in [1.82, 2.24) is 14.6 Å². The van der Waals surface area contributed by atoms with Crippen LogP contribution in [0.15, 0.2) is 36.7 Å². The van der Waals surface area contributed by atoms with E-state index < -0.39 is 5.91 Å². The summed E-state index contributed by atoms with van der Waals surface area (Å²) in [6, 6.07) is 8.86. The number of nitrogens with two attached hydrogens (primary N) is 1. The monoisotopic (exact) mass is 302 g/mol. The maximum atomic E-state index is 11.7. The summed E-state index contributed by atoms with van der Waals surface area (Å²) in [5.41, 5.74) is 7.40. The Kier molecular flexibility index (Phi) is 3.23. The number of hydrogen-bond donors (Lipinski definition) is 1. The quantitative estimate of drug-likeness (QED) is 0.803. The first kappa shape index (κ1) is 13.4. The lowest BCUT2D eigenvalue weighted by molar-refractivity contribution is 0.0997. The highest BCUT2D eigenvalue weighted by Gasteiger charge is 2.20. The van der Waals surface area contributed by atoms with Gasteiger partial charge in [0.2, 0.25) is 0 Å². The topological polar surface area (TPSA) is 82.5 Å². The molecular formula is C14H11ClN4O2. The van der Waals surface area contributed by atoms with Gasteiger partial charge in [-0.15, -0.1) is 0 Å². The normalized spacial score (nSPS) is 10.8.